The molecule has 2 aromatic carbocycles. The van der Waals surface area contributed by atoms with Crippen LogP contribution in [0.1, 0.15) is 43.4 Å². The van der Waals surface area contributed by atoms with Gasteiger partial charge in [0.25, 0.3) is 0 Å². The Hall–Kier alpha value is -4.16. The highest BCUT2D eigenvalue weighted by atomic mass is 16.5. The minimum Gasteiger partial charge on any atom is -0.463 e. The van der Waals surface area contributed by atoms with Crippen molar-refractivity contribution in [2.24, 2.45) is 5.92 Å². The molecular formula is C35H43N7O2. The Kier molecular flexibility index (Phi) is 8.99. The first-order valence-corrected chi connectivity index (χ1v) is 15.9. The summed E-state index contributed by atoms with van der Waals surface area (Å²) in [5.41, 5.74) is 3.33. The predicted molar refractivity (Wildman–Crippen MR) is 174 cm³/mol. The number of nitrogens with zero attached hydrogens (tertiary/aromatic N) is 7. The highest BCUT2D eigenvalue weighted by molar-refractivity contribution is 5.94. The molecule has 3 aromatic rings. The summed E-state index contributed by atoms with van der Waals surface area (Å²) in [5.74, 6) is 1.36. The minimum absolute atomic E-state index is 0.132. The molecule has 3 atom stereocenters. The van der Waals surface area contributed by atoms with E-state index >= 15 is 0 Å². The third kappa shape index (κ3) is 6.09. The average molecular weight is 594 g/mol. The Morgan fingerprint density at radius 1 is 1.11 bits per heavy atom. The fourth-order valence-electron chi connectivity index (χ4n) is 7.47. The van der Waals surface area contributed by atoms with Gasteiger partial charge in [0.1, 0.15) is 5.82 Å². The van der Waals surface area contributed by atoms with Gasteiger partial charge in [0.05, 0.1) is 37.4 Å². The summed E-state index contributed by atoms with van der Waals surface area (Å²) >= 11 is 0. The first-order valence-electron chi connectivity index (χ1n) is 15.9. The van der Waals surface area contributed by atoms with Gasteiger partial charge in [0.2, 0.25) is 5.91 Å². The minimum atomic E-state index is -0.227. The molecule has 1 aromatic heterocycles. The summed E-state index contributed by atoms with van der Waals surface area (Å²) in [6, 6.07) is 18.0. The molecule has 0 bridgehead atoms. The van der Waals surface area contributed by atoms with Crippen LogP contribution in [0, 0.1) is 17.2 Å². The van der Waals surface area contributed by atoms with Gasteiger partial charge in [-0.2, -0.15) is 15.2 Å². The molecule has 230 valence electrons. The summed E-state index contributed by atoms with van der Waals surface area (Å²) < 4.78 is 6.34. The number of aromatic nitrogens is 2. The second kappa shape index (κ2) is 13.2. The maximum atomic E-state index is 12.6. The standard InChI is InChI=1S/C35H43N7O2/c1-4-33(43)42-21-20-41(23-27(42)15-18-36)34-29-16-19-40(32-14-7-10-25-9-5-6-12-28(25)32)24-30(29)37-35(38-34)44-22-17-26-11-8-13-31(26)39(2)3/h4-7,9-10,12,14,26-27,31H,1,8,11,13,15-17,19-24H2,2-3H3. The predicted octanol–water partition coefficient (Wildman–Crippen LogP) is 4.81. The van der Waals surface area contributed by atoms with Crippen molar-refractivity contribution in [3.8, 4) is 12.1 Å². The summed E-state index contributed by atoms with van der Waals surface area (Å²) in [5, 5.41) is 12.0. The number of benzene rings is 2. The molecule has 1 saturated heterocycles. The van der Waals surface area contributed by atoms with E-state index in [4.69, 9.17) is 14.7 Å². The van der Waals surface area contributed by atoms with Gasteiger partial charge >= 0.3 is 6.01 Å². The smallest absolute Gasteiger partial charge is 0.318 e. The number of carbonyl (C=O) groups is 1. The molecule has 3 heterocycles. The quantitative estimate of drug-likeness (QED) is 0.327. The van der Waals surface area contributed by atoms with Crippen LogP contribution in [0.4, 0.5) is 11.5 Å². The van der Waals surface area contributed by atoms with Gasteiger partial charge in [0.15, 0.2) is 0 Å². The Morgan fingerprint density at radius 2 is 1.95 bits per heavy atom. The number of rotatable bonds is 9. The van der Waals surface area contributed by atoms with E-state index in [1.54, 1.807) is 4.90 Å². The molecule has 0 radical (unpaired) electrons. The zero-order chi connectivity index (χ0) is 30.6. The zero-order valence-corrected chi connectivity index (χ0v) is 26.0. The fraction of sp³-hybridized carbons (Fsp3) is 0.486. The molecule has 1 saturated carbocycles. The highest BCUT2D eigenvalue weighted by Gasteiger charge is 2.34. The monoisotopic (exact) mass is 593 g/mol. The van der Waals surface area contributed by atoms with Gasteiger partial charge < -0.3 is 24.3 Å². The molecule has 3 aliphatic rings. The van der Waals surface area contributed by atoms with E-state index in [0.29, 0.717) is 50.8 Å². The number of amides is 1. The van der Waals surface area contributed by atoms with Crippen LogP contribution in [0.25, 0.3) is 10.8 Å². The molecular weight excluding hydrogens is 550 g/mol. The summed E-state index contributed by atoms with van der Waals surface area (Å²) in [6.07, 6.45) is 7.12. The molecule has 3 unspecified atom stereocenters. The number of carbonyl (C=O) groups excluding carboxylic acids is 1. The van der Waals surface area contributed by atoms with Crippen LogP contribution in [-0.2, 0) is 17.8 Å². The van der Waals surface area contributed by atoms with Crippen molar-refractivity contribution in [1.29, 1.82) is 5.26 Å². The van der Waals surface area contributed by atoms with Gasteiger partial charge in [-0.3, -0.25) is 4.79 Å². The molecule has 1 amide bonds. The van der Waals surface area contributed by atoms with Gasteiger partial charge in [-0.1, -0.05) is 49.4 Å². The highest BCUT2D eigenvalue weighted by Crippen LogP contribution is 2.35. The van der Waals surface area contributed by atoms with E-state index in [9.17, 15) is 10.1 Å². The van der Waals surface area contributed by atoms with Crippen LogP contribution in [-0.4, -0.2) is 84.6 Å². The van der Waals surface area contributed by atoms with E-state index in [-0.39, 0.29) is 18.4 Å². The third-order valence-corrected chi connectivity index (χ3v) is 9.70. The maximum Gasteiger partial charge on any atom is 0.318 e. The maximum absolute atomic E-state index is 12.6. The van der Waals surface area contributed by atoms with Crippen LogP contribution in [0.3, 0.4) is 0 Å². The molecule has 6 rings (SSSR count). The van der Waals surface area contributed by atoms with E-state index < -0.39 is 0 Å². The van der Waals surface area contributed by atoms with Gasteiger partial charge in [-0.15, -0.1) is 0 Å². The SMILES string of the molecule is C=CC(=O)N1CCN(c2nc(OCCC3CCCC3N(C)C)nc3c2CCN(c2cccc4ccccc24)C3)CC1CC#N. The fourth-order valence-corrected chi connectivity index (χ4v) is 7.47. The van der Waals surface area contributed by atoms with Crippen molar-refractivity contribution in [3.05, 3.63) is 66.4 Å². The van der Waals surface area contributed by atoms with Crippen LogP contribution in [0.15, 0.2) is 55.1 Å². The van der Waals surface area contributed by atoms with Crippen molar-refractivity contribution in [1.82, 2.24) is 19.8 Å². The van der Waals surface area contributed by atoms with Gasteiger partial charge in [-0.05, 0) is 63.2 Å². The summed E-state index contributed by atoms with van der Waals surface area (Å²) in [7, 11) is 4.35. The first-order chi connectivity index (χ1) is 21.5. The molecule has 9 nitrogen and oxygen atoms in total. The second-order valence-electron chi connectivity index (χ2n) is 12.5. The summed E-state index contributed by atoms with van der Waals surface area (Å²) in [6.45, 7) is 7.44. The molecule has 1 aliphatic carbocycles. The number of anilines is 2. The average Bonchev–Trinajstić information content (AvgIpc) is 3.53. The lowest BCUT2D eigenvalue weighted by Gasteiger charge is -2.42. The van der Waals surface area contributed by atoms with Crippen molar-refractivity contribution in [2.45, 2.75) is 57.2 Å². The number of hydrogen-bond acceptors (Lipinski definition) is 8. The summed E-state index contributed by atoms with van der Waals surface area (Å²) in [4.78, 5) is 31.3. The van der Waals surface area contributed by atoms with E-state index in [1.165, 1.54) is 41.8 Å². The Labute approximate surface area is 260 Å². The Morgan fingerprint density at radius 3 is 2.77 bits per heavy atom. The number of piperazine rings is 1. The lowest BCUT2D eigenvalue weighted by atomic mass is 9.99. The Balaban J connectivity index is 1.29. The van der Waals surface area contributed by atoms with Gasteiger partial charge in [0, 0.05) is 48.9 Å². The van der Waals surface area contributed by atoms with Crippen LogP contribution < -0.4 is 14.5 Å². The molecule has 2 fully saturated rings. The number of nitriles is 1. The zero-order valence-electron chi connectivity index (χ0n) is 26.0. The van der Waals surface area contributed by atoms with Crippen LogP contribution in [0.2, 0.25) is 0 Å². The Bertz CT molecular complexity index is 1540. The van der Waals surface area contributed by atoms with Crippen molar-refractivity contribution in [3.63, 3.8) is 0 Å². The number of hydrogen-bond donors (Lipinski definition) is 0. The van der Waals surface area contributed by atoms with E-state index in [0.717, 1.165) is 36.5 Å². The molecule has 0 spiro atoms. The van der Waals surface area contributed by atoms with Crippen molar-refractivity contribution >= 4 is 28.2 Å². The van der Waals surface area contributed by atoms with Crippen LogP contribution >= 0.6 is 0 Å². The molecule has 44 heavy (non-hydrogen) atoms. The second-order valence-corrected chi connectivity index (χ2v) is 12.5. The first kappa shape index (κ1) is 29.9. The molecule has 0 N–H and O–H groups in total. The topological polar surface area (TPSA) is 88.8 Å². The molecule has 2 aliphatic heterocycles. The van der Waals surface area contributed by atoms with E-state index in [1.807, 2.05) is 0 Å². The van der Waals surface area contributed by atoms with Crippen molar-refractivity contribution < 1.29 is 9.53 Å². The van der Waals surface area contributed by atoms with Gasteiger partial charge in [-0.25, -0.2) is 0 Å². The lowest BCUT2D eigenvalue weighted by Crippen LogP contribution is -2.55. The number of fused-ring (bicyclic) bond motifs is 2. The van der Waals surface area contributed by atoms with Crippen LogP contribution in [0.5, 0.6) is 6.01 Å². The third-order valence-electron chi connectivity index (χ3n) is 9.70. The largest absolute Gasteiger partial charge is 0.463 e. The number of ether oxygens (including phenoxy) is 1. The lowest BCUT2D eigenvalue weighted by molar-refractivity contribution is -0.128. The van der Waals surface area contributed by atoms with Crippen molar-refractivity contribution in [2.75, 3.05) is 56.7 Å². The van der Waals surface area contributed by atoms with E-state index in [2.05, 4.69) is 83.9 Å². The normalized spacial score (nSPS) is 21.8. The molecule has 9 heteroatoms.